The molecule has 0 saturated carbocycles. The van der Waals surface area contributed by atoms with Crippen LogP contribution in [0.2, 0.25) is 5.02 Å². The molecule has 1 fully saturated rings. The lowest BCUT2D eigenvalue weighted by molar-refractivity contribution is 0.0737. The Morgan fingerprint density at radius 3 is 2.58 bits per heavy atom. The van der Waals surface area contributed by atoms with Gasteiger partial charge < -0.3 is 23.5 Å². The van der Waals surface area contributed by atoms with Crippen LogP contribution in [0.3, 0.4) is 0 Å². The fraction of sp³-hybridized carbons (Fsp3) is 0.269. The lowest BCUT2D eigenvalue weighted by Gasteiger charge is -2.36. The summed E-state index contributed by atoms with van der Waals surface area (Å²) in [6, 6.07) is 19.6. The molecule has 0 radical (unpaired) electrons. The number of amides is 1. The average Bonchev–Trinajstić information content (AvgIpc) is 3.35. The first kappa shape index (κ1) is 21.5. The average molecular weight is 464 g/mol. The third-order valence-electron chi connectivity index (χ3n) is 6.15. The first-order valence-electron chi connectivity index (χ1n) is 11.0. The number of rotatable bonds is 5. The van der Waals surface area contributed by atoms with E-state index in [2.05, 4.69) is 11.0 Å². The van der Waals surface area contributed by atoms with Crippen molar-refractivity contribution in [2.75, 3.05) is 38.2 Å². The van der Waals surface area contributed by atoms with Crippen LogP contribution in [0.15, 0.2) is 65.1 Å². The van der Waals surface area contributed by atoms with Gasteiger partial charge in [0.05, 0.1) is 12.6 Å². The van der Waals surface area contributed by atoms with Gasteiger partial charge in [0.15, 0.2) is 5.58 Å². The van der Waals surface area contributed by atoms with Gasteiger partial charge in [-0.3, -0.25) is 4.79 Å². The van der Waals surface area contributed by atoms with E-state index in [-0.39, 0.29) is 5.91 Å². The van der Waals surface area contributed by atoms with Crippen molar-refractivity contribution in [2.45, 2.75) is 13.5 Å². The molecule has 170 valence electrons. The molecule has 0 atom stereocenters. The molecule has 33 heavy (non-hydrogen) atoms. The summed E-state index contributed by atoms with van der Waals surface area (Å²) in [5, 5.41) is 0.722. The van der Waals surface area contributed by atoms with Crippen molar-refractivity contribution in [1.29, 1.82) is 0 Å². The van der Waals surface area contributed by atoms with Gasteiger partial charge in [0.1, 0.15) is 17.2 Å². The van der Waals surface area contributed by atoms with Gasteiger partial charge in [-0.15, -0.1) is 0 Å². The number of ether oxygens (including phenoxy) is 1. The summed E-state index contributed by atoms with van der Waals surface area (Å²) in [5.41, 5.74) is 4.45. The molecule has 7 heteroatoms. The molecular formula is C26H26ClN3O3. The standard InChI is InChI=1S/C26H26ClN3O3/c1-18-13-23-25(33-18)16-24(30(23)17-19-5-3-8-22(14-19)32-2)26(31)29-11-9-28(10-12-29)21-7-4-6-20(27)15-21/h3-8,13-16H,9-12,17H2,1-2H3. The second-order valence-electron chi connectivity index (χ2n) is 8.33. The highest BCUT2D eigenvalue weighted by molar-refractivity contribution is 6.30. The van der Waals surface area contributed by atoms with Gasteiger partial charge in [-0.05, 0) is 42.8 Å². The van der Waals surface area contributed by atoms with Crippen LogP contribution in [-0.2, 0) is 6.54 Å². The molecule has 0 aliphatic carbocycles. The maximum absolute atomic E-state index is 13.6. The Hall–Kier alpha value is -3.38. The summed E-state index contributed by atoms with van der Waals surface area (Å²) in [5.74, 6) is 1.64. The molecule has 1 aliphatic rings. The number of piperazine rings is 1. The number of fused-ring (bicyclic) bond motifs is 1. The summed E-state index contributed by atoms with van der Waals surface area (Å²) < 4.78 is 13.3. The topological polar surface area (TPSA) is 50.9 Å². The van der Waals surface area contributed by atoms with Gasteiger partial charge in [0.25, 0.3) is 5.91 Å². The Labute approximate surface area is 197 Å². The number of aryl methyl sites for hydroxylation is 1. The van der Waals surface area contributed by atoms with Crippen molar-refractivity contribution >= 4 is 34.3 Å². The number of furan rings is 1. The van der Waals surface area contributed by atoms with Crippen LogP contribution in [0, 0.1) is 6.92 Å². The van der Waals surface area contributed by atoms with E-state index in [1.165, 1.54) is 0 Å². The minimum Gasteiger partial charge on any atom is -0.497 e. The number of carbonyl (C=O) groups excluding carboxylic acids is 1. The number of anilines is 1. The summed E-state index contributed by atoms with van der Waals surface area (Å²) in [7, 11) is 1.66. The zero-order chi connectivity index (χ0) is 22.9. The predicted octanol–water partition coefficient (Wildman–Crippen LogP) is 5.22. The van der Waals surface area contributed by atoms with E-state index < -0.39 is 0 Å². The molecule has 4 aromatic rings. The highest BCUT2D eigenvalue weighted by Gasteiger charge is 2.26. The number of nitrogens with zero attached hydrogens (tertiary/aromatic N) is 3. The van der Waals surface area contributed by atoms with Gasteiger partial charge in [0, 0.05) is 55.6 Å². The van der Waals surface area contributed by atoms with Gasteiger partial charge in [-0.2, -0.15) is 0 Å². The van der Waals surface area contributed by atoms with E-state index in [1.54, 1.807) is 7.11 Å². The van der Waals surface area contributed by atoms with Crippen molar-refractivity contribution in [3.8, 4) is 5.75 Å². The summed E-state index contributed by atoms with van der Waals surface area (Å²) >= 11 is 6.15. The maximum atomic E-state index is 13.6. The number of halogens is 1. The number of hydrogen-bond donors (Lipinski definition) is 0. The normalized spacial score (nSPS) is 14.2. The molecule has 1 aliphatic heterocycles. The lowest BCUT2D eigenvalue weighted by Crippen LogP contribution is -2.49. The smallest absolute Gasteiger partial charge is 0.270 e. The third kappa shape index (κ3) is 4.31. The number of aromatic nitrogens is 1. The second kappa shape index (κ2) is 8.87. The minimum absolute atomic E-state index is 0.0210. The second-order valence-corrected chi connectivity index (χ2v) is 8.77. The van der Waals surface area contributed by atoms with Gasteiger partial charge >= 0.3 is 0 Å². The van der Waals surface area contributed by atoms with E-state index in [4.69, 9.17) is 20.8 Å². The van der Waals surface area contributed by atoms with E-state index in [0.717, 1.165) is 52.0 Å². The van der Waals surface area contributed by atoms with Crippen LogP contribution in [-0.4, -0.2) is 48.7 Å². The van der Waals surface area contributed by atoms with Crippen LogP contribution >= 0.6 is 11.6 Å². The van der Waals surface area contributed by atoms with Gasteiger partial charge in [-0.25, -0.2) is 0 Å². The molecule has 3 heterocycles. The Morgan fingerprint density at radius 1 is 1.03 bits per heavy atom. The highest BCUT2D eigenvalue weighted by Crippen LogP contribution is 2.27. The summed E-state index contributed by atoms with van der Waals surface area (Å²) in [6.07, 6.45) is 0. The fourth-order valence-electron chi connectivity index (χ4n) is 4.47. The Morgan fingerprint density at radius 2 is 1.82 bits per heavy atom. The van der Waals surface area contributed by atoms with Crippen LogP contribution in [0.4, 0.5) is 5.69 Å². The molecule has 0 bridgehead atoms. The number of carbonyl (C=O) groups is 1. The van der Waals surface area contributed by atoms with Crippen LogP contribution in [0.25, 0.3) is 11.1 Å². The summed E-state index contributed by atoms with van der Waals surface area (Å²) in [4.78, 5) is 17.8. The van der Waals surface area contributed by atoms with Crippen molar-refractivity contribution in [2.24, 2.45) is 0 Å². The number of methoxy groups -OCH3 is 1. The first-order chi connectivity index (χ1) is 16.0. The fourth-order valence-corrected chi connectivity index (χ4v) is 4.65. The van der Waals surface area contributed by atoms with E-state index in [9.17, 15) is 4.79 Å². The molecule has 0 N–H and O–H groups in total. The number of hydrogen-bond acceptors (Lipinski definition) is 4. The first-order valence-corrected chi connectivity index (χ1v) is 11.4. The van der Waals surface area contributed by atoms with Crippen LogP contribution in [0.1, 0.15) is 21.8 Å². The molecule has 1 saturated heterocycles. The van der Waals surface area contributed by atoms with Gasteiger partial charge in [-0.1, -0.05) is 29.8 Å². The van der Waals surface area contributed by atoms with Crippen molar-refractivity contribution in [3.63, 3.8) is 0 Å². The zero-order valence-corrected chi connectivity index (χ0v) is 19.5. The molecular weight excluding hydrogens is 438 g/mol. The largest absolute Gasteiger partial charge is 0.497 e. The molecule has 0 unspecified atom stereocenters. The Kier molecular flexibility index (Phi) is 5.77. The maximum Gasteiger partial charge on any atom is 0.270 e. The van der Waals surface area contributed by atoms with Crippen LogP contribution < -0.4 is 9.64 Å². The van der Waals surface area contributed by atoms with Crippen molar-refractivity contribution in [1.82, 2.24) is 9.47 Å². The third-order valence-corrected chi connectivity index (χ3v) is 6.38. The zero-order valence-electron chi connectivity index (χ0n) is 18.8. The Balaban J connectivity index is 1.39. The molecule has 1 amide bonds. The molecule has 2 aromatic carbocycles. The minimum atomic E-state index is 0.0210. The monoisotopic (exact) mass is 463 g/mol. The van der Waals surface area contributed by atoms with Crippen molar-refractivity contribution < 1.29 is 13.9 Å². The molecule has 2 aromatic heterocycles. The lowest BCUT2D eigenvalue weighted by atomic mass is 10.2. The molecule has 5 rings (SSSR count). The van der Waals surface area contributed by atoms with Crippen LogP contribution in [0.5, 0.6) is 5.75 Å². The summed E-state index contributed by atoms with van der Waals surface area (Å²) in [6.45, 7) is 5.30. The molecule has 0 spiro atoms. The Bertz CT molecular complexity index is 1300. The van der Waals surface area contributed by atoms with E-state index >= 15 is 0 Å². The van der Waals surface area contributed by atoms with E-state index in [0.29, 0.717) is 25.3 Å². The molecule has 6 nitrogen and oxygen atoms in total. The number of benzene rings is 2. The predicted molar refractivity (Wildman–Crippen MR) is 131 cm³/mol. The van der Waals surface area contributed by atoms with E-state index in [1.807, 2.05) is 71.0 Å². The quantitative estimate of drug-likeness (QED) is 0.407. The highest BCUT2D eigenvalue weighted by atomic mass is 35.5. The van der Waals surface area contributed by atoms with Crippen molar-refractivity contribution in [3.05, 3.63) is 82.7 Å². The SMILES string of the molecule is COc1cccc(Cn2c(C(=O)N3CCN(c4cccc(Cl)c4)CC3)cc3oc(C)cc32)c1. The van der Waals surface area contributed by atoms with Gasteiger partial charge in [0.2, 0.25) is 0 Å².